The summed E-state index contributed by atoms with van der Waals surface area (Å²) >= 11 is 3.23. The van der Waals surface area contributed by atoms with Crippen LogP contribution in [0, 0.1) is 10.1 Å². The molecule has 1 N–H and O–H groups in total. The van der Waals surface area contributed by atoms with Crippen LogP contribution in [0.2, 0.25) is 0 Å². The molecular formula is C12H13BrN4O2. The molecule has 1 heterocycles. The molecule has 0 atom stereocenters. The van der Waals surface area contributed by atoms with E-state index in [0.717, 1.165) is 12.2 Å². The lowest BCUT2D eigenvalue weighted by Gasteiger charge is -2.05. The molecule has 0 saturated carbocycles. The first kappa shape index (κ1) is 13.5. The molecule has 0 aliphatic heterocycles. The van der Waals surface area contributed by atoms with Gasteiger partial charge in [0.15, 0.2) is 0 Å². The number of nitrogens with one attached hydrogen (secondary N) is 1. The van der Waals surface area contributed by atoms with Gasteiger partial charge in [-0.3, -0.25) is 14.8 Å². The zero-order valence-electron chi connectivity index (χ0n) is 10.3. The first-order valence-electron chi connectivity index (χ1n) is 5.80. The predicted octanol–water partition coefficient (Wildman–Crippen LogP) is 3.19. The van der Waals surface area contributed by atoms with E-state index < -0.39 is 4.92 Å². The Kier molecular flexibility index (Phi) is 4.16. The third-order valence-corrected chi connectivity index (χ3v) is 3.13. The molecule has 1 aromatic heterocycles. The second kappa shape index (κ2) is 5.83. The molecule has 6 nitrogen and oxygen atoms in total. The molecule has 2 aromatic rings. The maximum atomic E-state index is 11.0. The molecule has 7 heteroatoms. The van der Waals surface area contributed by atoms with Gasteiger partial charge in [-0.2, -0.15) is 5.10 Å². The fraction of sp³-hybridized carbons (Fsp3) is 0.250. The molecule has 0 aliphatic rings. The minimum Gasteiger partial charge on any atom is -0.374 e. The van der Waals surface area contributed by atoms with Gasteiger partial charge in [-0.05, 0) is 25.1 Å². The number of hydrogen-bond donors (Lipinski definition) is 1. The summed E-state index contributed by atoms with van der Waals surface area (Å²) < 4.78 is 2.49. The van der Waals surface area contributed by atoms with Crippen molar-refractivity contribution in [2.24, 2.45) is 0 Å². The quantitative estimate of drug-likeness (QED) is 0.677. The molecule has 0 radical (unpaired) electrons. The molecule has 0 bridgehead atoms. The molecule has 0 aliphatic carbocycles. The van der Waals surface area contributed by atoms with Crippen LogP contribution in [0.4, 0.5) is 11.4 Å². The molecule has 2 rings (SSSR count). The van der Waals surface area contributed by atoms with Crippen LogP contribution in [0.15, 0.2) is 34.9 Å². The van der Waals surface area contributed by atoms with E-state index in [2.05, 4.69) is 26.3 Å². The summed E-state index contributed by atoms with van der Waals surface area (Å²) in [4.78, 5) is 10.6. The fourth-order valence-electron chi connectivity index (χ4n) is 1.67. The van der Waals surface area contributed by atoms with Gasteiger partial charge in [0, 0.05) is 23.3 Å². The monoisotopic (exact) mass is 324 g/mol. The largest absolute Gasteiger partial charge is 0.374 e. The topological polar surface area (TPSA) is 73.0 Å². The summed E-state index contributed by atoms with van der Waals surface area (Å²) in [6.07, 6.45) is 1.88. The van der Waals surface area contributed by atoms with E-state index in [-0.39, 0.29) is 5.69 Å². The molecule has 0 amide bonds. The highest BCUT2D eigenvalue weighted by atomic mass is 79.9. The van der Waals surface area contributed by atoms with E-state index >= 15 is 0 Å². The third kappa shape index (κ3) is 3.31. The van der Waals surface area contributed by atoms with Crippen molar-refractivity contribution in [3.8, 4) is 0 Å². The third-order valence-electron chi connectivity index (χ3n) is 2.64. The lowest BCUT2D eigenvalue weighted by Crippen LogP contribution is -2.04. The lowest BCUT2D eigenvalue weighted by atomic mass is 10.2. The number of anilines is 1. The van der Waals surface area contributed by atoms with Gasteiger partial charge in [-0.15, -0.1) is 0 Å². The molecule has 1 aromatic carbocycles. The smallest absolute Gasteiger partial charge is 0.293 e. The number of halogens is 1. The number of aryl methyl sites for hydroxylation is 1. The number of aromatic nitrogens is 2. The molecule has 0 unspecified atom stereocenters. The standard InChI is InChI=1S/C12H13BrN4O2/c1-2-16-6-5-10(15-16)8-14-11-4-3-9(13)7-12(11)17(18)19/h3-7,14H,2,8H2,1H3. The van der Waals surface area contributed by atoms with Gasteiger partial charge in [0.25, 0.3) is 5.69 Å². The predicted molar refractivity (Wildman–Crippen MR) is 76.0 cm³/mol. The molecule has 100 valence electrons. The number of hydrogen-bond acceptors (Lipinski definition) is 4. The number of benzene rings is 1. The number of nitro groups is 1. The fourth-order valence-corrected chi connectivity index (χ4v) is 2.01. The van der Waals surface area contributed by atoms with Crippen LogP contribution in [-0.2, 0) is 13.1 Å². The summed E-state index contributed by atoms with van der Waals surface area (Å²) in [7, 11) is 0. The lowest BCUT2D eigenvalue weighted by molar-refractivity contribution is -0.384. The van der Waals surface area contributed by atoms with Crippen molar-refractivity contribution in [2.75, 3.05) is 5.32 Å². The Balaban J connectivity index is 2.12. The van der Waals surface area contributed by atoms with Crippen LogP contribution in [-0.4, -0.2) is 14.7 Å². The first-order valence-corrected chi connectivity index (χ1v) is 6.59. The SMILES string of the molecule is CCn1ccc(CNc2ccc(Br)cc2[N+](=O)[O-])n1. The number of nitro benzene ring substituents is 1. The van der Waals surface area contributed by atoms with Crippen LogP contribution in [0.1, 0.15) is 12.6 Å². The summed E-state index contributed by atoms with van der Waals surface area (Å²) in [6.45, 7) is 3.26. The van der Waals surface area contributed by atoms with Gasteiger partial charge in [-0.1, -0.05) is 15.9 Å². The van der Waals surface area contributed by atoms with Crippen molar-refractivity contribution in [1.29, 1.82) is 0 Å². The zero-order valence-corrected chi connectivity index (χ0v) is 11.9. The van der Waals surface area contributed by atoms with Crippen molar-refractivity contribution >= 4 is 27.3 Å². The average Bonchev–Trinajstić information content (AvgIpc) is 2.85. The Morgan fingerprint density at radius 1 is 1.47 bits per heavy atom. The highest BCUT2D eigenvalue weighted by Gasteiger charge is 2.14. The second-order valence-electron chi connectivity index (χ2n) is 3.93. The Morgan fingerprint density at radius 3 is 2.89 bits per heavy atom. The van der Waals surface area contributed by atoms with Crippen molar-refractivity contribution in [3.05, 3.63) is 50.7 Å². The summed E-state index contributed by atoms with van der Waals surface area (Å²) in [5.41, 5.74) is 1.38. The Hall–Kier alpha value is -1.89. The van der Waals surface area contributed by atoms with Crippen molar-refractivity contribution < 1.29 is 4.92 Å². The van der Waals surface area contributed by atoms with Crippen LogP contribution < -0.4 is 5.32 Å². The number of nitrogens with zero attached hydrogens (tertiary/aromatic N) is 3. The maximum absolute atomic E-state index is 11.0. The van der Waals surface area contributed by atoms with Crippen molar-refractivity contribution in [2.45, 2.75) is 20.0 Å². The van der Waals surface area contributed by atoms with Gasteiger partial charge in [-0.25, -0.2) is 0 Å². The normalized spacial score (nSPS) is 10.4. The van der Waals surface area contributed by atoms with E-state index in [1.54, 1.807) is 12.1 Å². The molecular weight excluding hydrogens is 312 g/mol. The maximum Gasteiger partial charge on any atom is 0.293 e. The van der Waals surface area contributed by atoms with Crippen LogP contribution >= 0.6 is 15.9 Å². The van der Waals surface area contributed by atoms with E-state index in [9.17, 15) is 10.1 Å². The van der Waals surface area contributed by atoms with Crippen LogP contribution in [0.25, 0.3) is 0 Å². The summed E-state index contributed by atoms with van der Waals surface area (Å²) in [5, 5.41) is 18.3. The minimum absolute atomic E-state index is 0.0456. The summed E-state index contributed by atoms with van der Waals surface area (Å²) in [5.74, 6) is 0. The van der Waals surface area contributed by atoms with E-state index in [0.29, 0.717) is 16.7 Å². The first-order chi connectivity index (χ1) is 9.10. The van der Waals surface area contributed by atoms with Crippen molar-refractivity contribution in [1.82, 2.24) is 9.78 Å². The van der Waals surface area contributed by atoms with E-state index in [1.807, 2.05) is 23.9 Å². The highest BCUT2D eigenvalue weighted by Crippen LogP contribution is 2.28. The van der Waals surface area contributed by atoms with E-state index in [4.69, 9.17) is 0 Å². The minimum atomic E-state index is -0.405. The summed E-state index contributed by atoms with van der Waals surface area (Å²) in [6, 6.07) is 6.81. The van der Waals surface area contributed by atoms with Gasteiger partial charge in [0.2, 0.25) is 0 Å². The van der Waals surface area contributed by atoms with Gasteiger partial charge < -0.3 is 5.32 Å². The Bertz CT molecular complexity index is 597. The molecule has 0 spiro atoms. The van der Waals surface area contributed by atoms with Gasteiger partial charge in [0.1, 0.15) is 5.69 Å². The van der Waals surface area contributed by atoms with E-state index in [1.165, 1.54) is 6.07 Å². The van der Waals surface area contributed by atoms with Crippen LogP contribution in [0.5, 0.6) is 0 Å². The number of rotatable bonds is 5. The second-order valence-corrected chi connectivity index (χ2v) is 4.85. The Morgan fingerprint density at radius 2 is 2.26 bits per heavy atom. The van der Waals surface area contributed by atoms with Gasteiger partial charge >= 0.3 is 0 Å². The molecule has 19 heavy (non-hydrogen) atoms. The van der Waals surface area contributed by atoms with Gasteiger partial charge in [0.05, 0.1) is 17.2 Å². The highest BCUT2D eigenvalue weighted by molar-refractivity contribution is 9.10. The van der Waals surface area contributed by atoms with Crippen molar-refractivity contribution in [3.63, 3.8) is 0 Å². The zero-order chi connectivity index (χ0) is 13.8. The molecule has 0 saturated heterocycles. The molecule has 0 fully saturated rings. The average molecular weight is 325 g/mol. The Labute approximate surface area is 118 Å². The van der Waals surface area contributed by atoms with Crippen LogP contribution in [0.3, 0.4) is 0 Å².